The van der Waals surface area contributed by atoms with Crippen LogP contribution >= 0.6 is 0 Å². The van der Waals surface area contributed by atoms with Crippen LogP contribution in [-0.4, -0.2) is 50.4 Å². The molecule has 0 radical (unpaired) electrons. The van der Waals surface area contributed by atoms with Gasteiger partial charge in [0.25, 0.3) is 0 Å². The summed E-state index contributed by atoms with van der Waals surface area (Å²) < 4.78 is 4.89. The Morgan fingerprint density at radius 1 is 1.29 bits per heavy atom. The van der Waals surface area contributed by atoms with E-state index in [1.165, 1.54) is 4.68 Å². The first-order valence-electron chi connectivity index (χ1n) is 6.05. The molecular formula is C11H12N8O2. The number of imidazole rings is 1. The molecule has 0 aliphatic rings. The van der Waals surface area contributed by atoms with Crippen molar-refractivity contribution < 1.29 is 9.90 Å². The molecule has 10 nitrogen and oxygen atoms in total. The number of carboxylic acids is 1. The lowest BCUT2D eigenvalue weighted by molar-refractivity contribution is 0.0691. The maximum Gasteiger partial charge on any atom is 0.358 e. The van der Waals surface area contributed by atoms with Crippen molar-refractivity contribution in [2.24, 2.45) is 14.1 Å². The molecule has 3 heterocycles. The summed E-state index contributed by atoms with van der Waals surface area (Å²) in [6.45, 7) is 0.249. The van der Waals surface area contributed by atoms with E-state index in [1.54, 1.807) is 42.0 Å². The van der Waals surface area contributed by atoms with E-state index in [0.29, 0.717) is 17.3 Å². The first-order chi connectivity index (χ1) is 10.1. The zero-order valence-electron chi connectivity index (χ0n) is 11.4. The predicted octanol–water partition coefficient (Wildman–Crippen LogP) is -0.446. The van der Waals surface area contributed by atoms with Gasteiger partial charge in [-0.2, -0.15) is 0 Å². The minimum Gasteiger partial charge on any atom is -0.476 e. The molecule has 0 amide bonds. The lowest BCUT2D eigenvalue weighted by Gasteiger charge is -2.06. The van der Waals surface area contributed by atoms with E-state index in [4.69, 9.17) is 0 Å². The Morgan fingerprint density at radius 3 is 2.67 bits per heavy atom. The van der Waals surface area contributed by atoms with Gasteiger partial charge in [-0.05, 0) is 0 Å². The first kappa shape index (κ1) is 13.0. The average Bonchev–Trinajstić information content (AvgIpc) is 3.12. The highest BCUT2D eigenvalue weighted by Crippen LogP contribution is 2.20. The summed E-state index contributed by atoms with van der Waals surface area (Å²) in [6, 6.07) is 0. The van der Waals surface area contributed by atoms with Crippen molar-refractivity contribution in [3.05, 3.63) is 30.2 Å². The highest BCUT2D eigenvalue weighted by Gasteiger charge is 2.24. The second kappa shape index (κ2) is 4.81. The third kappa shape index (κ3) is 2.16. The molecule has 3 aromatic heterocycles. The Labute approximate surface area is 118 Å². The fourth-order valence-electron chi connectivity index (χ4n) is 1.97. The maximum absolute atomic E-state index is 11.3. The van der Waals surface area contributed by atoms with Gasteiger partial charge in [0.05, 0.1) is 0 Å². The van der Waals surface area contributed by atoms with E-state index in [0.717, 1.165) is 0 Å². The van der Waals surface area contributed by atoms with Gasteiger partial charge in [0, 0.05) is 26.5 Å². The normalized spacial score (nSPS) is 11.0. The summed E-state index contributed by atoms with van der Waals surface area (Å²) in [5.74, 6) is -0.0518. The van der Waals surface area contributed by atoms with E-state index < -0.39 is 5.97 Å². The van der Waals surface area contributed by atoms with Crippen LogP contribution in [0.4, 0.5) is 0 Å². The van der Waals surface area contributed by atoms with Crippen LogP contribution < -0.4 is 0 Å². The van der Waals surface area contributed by atoms with Crippen LogP contribution in [0.2, 0.25) is 0 Å². The maximum atomic E-state index is 11.3. The van der Waals surface area contributed by atoms with Crippen molar-refractivity contribution >= 4 is 5.97 Å². The minimum atomic E-state index is -1.16. The Bertz CT molecular complexity index is 799. The van der Waals surface area contributed by atoms with Gasteiger partial charge in [-0.1, -0.05) is 5.21 Å². The van der Waals surface area contributed by atoms with Crippen molar-refractivity contribution in [3.8, 4) is 11.5 Å². The molecule has 0 unspecified atom stereocenters. The molecule has 21 heavy (non-hydrogen) atoms. The van der Waals surface area contributed by atoms with E-state index >= 15 is 0 Å². The van der Waals surface area contributed by atoms with Crippen molar-refractivity contribution in [2.45, 2.75) is 6.54 Å². The van der Waals surface area contributed by atoms with Gasteiger partial charge in [-0.3, -0.25) is 0 Å². The molecule has 10 heteroatoms. The Kier molecular flexibility index (Phi) is 2.97. The zero-order chi connectivity index (χ0) is 15.0. The van der Waals surface area contributed by atoms with E-state index in [1.807, 2.05) is 0 Å². The lowest BCUT2D eigenvalue weighted by atomic mass is 10.3. The standard InChI is InChI=1S/C11H12N8O2/c1-17-4-3-12-10(17)9-8(11(20)21)15-16-19(9)5-7-14-13-6-18(7)2/h3-4,6H,5H2,1-2H3,(H,20,21). The van der Waals surface area contributed by atoms with Crippen LogP contribution in [-0.2, 0) is 20.6 Å². The molecule has 0 saturated carbocycles. The zero-order valence-corrected chi connectivity index (χ0v) is 11.4. The molecule has 1 N–H and O–H groups in total. The number of aryl methyl sites for hydroxylation is 2. The second-order valence-corrected chi connectivity index (χ2v) is 4.47. The summed E-state index contributed by atoms with van der Waals surface area (Å²) >= 11 is 0. The molecule has 0 fully saturated rings. The molecule has 0 aromatic carbocycles. The van der Waals surface area contributed by atoms with E-state index in [9.17, 15) is 9.90 Å². The van der Waals surface area contributed by atoms with Crippen LogP contribution in [0.1, 0.15) is 16.3 Å². The summed E-state index contributed by atoms with van der Waals surface area (Å²) in [5.41, 5.74) is 0.185. The quantitative estimate of drug-likeness (QED) is 0.691. The fraction of sp³-hybridized carbons (Fsp3) is 0.273. The van der Waals surface area contributed by atoms with Crippen molar-refractivity contribution in [3.63, 3.8) is 0 Å². The van der Waals surface area contributed by atoms with Gasteiger partial charge in [0.2, 0.25) is 5.69 Å². The predicted molar refractivity (Wildman–Crippen MR) is 69.3 cm³/mol. The molecule has 0 saturated heterocycles. The largest absolute Gasteiger partial charge is 0.476 e. The Morgan fingerprint density at radius 2 is 2.10 bits per heavy atom. The number of nitrogens with zero attached hydrogens (tertiary/aromatic N) is 8. The number of aromatic nitrogens is 8. The molecule has 0 aliphatic heterocycles. The molecule has 0 aliphatic carbocycles. The van der Waals surface area contributed by atoms with Gasteiger partial charge in [-0.15, -0.1) is 15.3 Å². The average molecular weight is 288 g/mol. The number of hydrogen-bond donors (Lipinski definition) is 1. The minimum absolute atomic E-state index is 0.147. The van der Waals surface area contributed by atoms with E-state index in [2.05, 4.69) is 25.5 Å². The summed E-state index contributed by atoms with van der Waals surface area (Å²) in [7, 11) is 3.57. The molecule has 0 bridgehead atoms. The van der Waals surface area contributed by atoms with Crippen molar-refractivity contribution in [1.29, 1.82) is 0 Å². The summed E-state index contributed by atoms with van der Waals surface area (Å²) in [4.78, 5) is 15.5. The number of carboxylic acid groups (broad SMARTS) is 1. The van der Waals surface area contributed by atoms with Crippen molar-refractivity contribution in [1.82, 2.24) is 39.3 Å². The van der Waals surface area contributed by atoms with Crippen molar-refractivity contribution in [2.75, 3.05) is 0 Å². The van der Waals surface area contributed by atoms with Gasteiger partial charge >= 0.3 is 5.97 Å². The lowest BCUT2D eigenvalue weighted by Crippen LogP contribution is -2.11. The smallest absolute Gasteiger partial charge is 0.358 e. The highest BCUT2D eigenvalue weighted by molar-refractivity contribution is 5.91. The van der Waals surface area contributed by atoms with Crippen LogP contribution in [0.25, 0.3) is 11.5 Å². The van der Waals surface area contributed by atoms with E-state index in [-0.39, 0.29) is 12.2 Å². The third-order valence-corrected chi connectivity index (χ3v) is 3.07. The SMILES string of the molecule is Cn1cnnc1Cn1nnc(C(=O)O)c1-c1nccn1C. The fourth-order valence-corrected chi connectivity index (χ4v) is 1.97. The molecule has 3 rings (SSSR count). The van der Waals surface area contributed by atoms with Gasteiger partial charge in [-0.25, -0.2) is 14.5 Å². The third-order valence-electron chi connectivity index (χ3n) is 3.07. The molecule has 108 valence electrons. The summed E-state index contributed by atoms with van der Waals surface area (Å²) in [5, 5.41) is 24.6. The highest BCUT2D eigenvalue weighted by atomic mass is 16.4. The Hall–Kier alpha value is -3.04. The van der Waals surface area contributed by atoms with Crippen LogP contribution in [0, 0.1) is 0 Å². The van der Waals surface area contributed by atoms with Crippen LogP contribution in [0.3, 0.4) is 0 Å². The first-order valence-corrected chi connectivity index (χ1v) is 6.05. The number of hydrogen-bond acceptors (Lipinski definition) is 6. The molecule has 0 atom stereocenters. The van der Waals surface area contributed by atoms with Gasteiger partial charge < -0.3 is 14.2 Å². The van der Waals surface area contributed by atoms with Crippen LogP contribution in [0.5, 0.6) is 0 Å². The molecule has 3 aromatic rings. The van der Waals surface area contributed by atoms with Gasteiger partial charge in [0.1, 0.15) is 18.6 Å². The number of carbonyl (C=O) groups is 1. The number of aromatic carboxylic acids is 1. The molecule has 0 spiro atoms. The van der Waals surface area contributed by atoms with Gasteiger partial charge in [0.15, 0.2) is 11.6 Å². The van der Waals surface area contributed by atoms with Crippen LogP contribution in [0.15, 0.2) is 18.7 Å². The monoisotopic (exact) mass is 288 g/mol. The number of rotatable bonds is 4. The topological polar surface area (TPSA) is 117 Å². The Balaban J connectivity index is 2.12. The second-order valence-electron chi connectivity index (χ2n) is 4.47. The summed E-state index contributed by atoms with van der Waals surface area (Å²) in [6.07, 6.45) is 4.87. The molecular weight excluding hydrogens is 276 g/mol.